The number of nitrogens with one attached hydrogen (secondary N) is 1. The van der Waals surface area contributed by atoms with E-state index in [-0.39, 0.29) is 5.91 Å². The van der Waals surface area contributed by atoms with Crippen LogP contribution in [0.15, 0.2) is 24.3 Å². The Bertz CT molecular complexity index is 921. The molecule has 2 aromatic rings. The van der Waals surface area contributed by atoms with E-state index in [1.165, 1.54) is 4.80 Å². The van der Waals surface area contributed by atoms with Crippen LogP contribution in [-0.2, 0) is 11.3 Å². The summed E-state index contributed by atoms with van der Waals surface area (Å²) in [5, 5.41) is 23.7. The molecular formula is C20H25ClN6O3. The Kier molecular flexibility index (Phi) is 7.40. The molecule has 0 radical (unpaired) electrons. The first-order valence-electron chi connectivity index (χ1n) is 9.87. The number of hydrogen-bond acceptors (Lipinski definition) is 5. The Hall–Kier alpha value is -2.94. The van der Waals surface area contributed by atoms with Gasteiger partial charge in [-0.3, -0.25) is 4.79 Å². The second-order valence-corrected chi connectivity index (χ2v) is 7.77. The van der Waals surface area contributed by atoms with Gasteiger partial charge in [-0.05, 0) is 66.7 Å². The first kappa shape index (κ1) is 21.8. The van der Waals surface area contributed by atoms with Gasteiger partial charge in [0.05, 0.1) is 6.54 Å². The minimum Gasteiger partial charge on any atom is -0.465 e. The molecular weight excluding hydrogens is 408 g/mol. The molecule has 0 spiro atoms. The van der Waals surface area contributed by atoms with Crippen LogP contribution in [0.3, 0.4) is 0 Å². The van der Waals surface area contributed by atoms with Crippen LogP contribution in [0.4, 0.5) is 4.79 Å². The average molecular weight is 433 g/mol. The van der Waals surface area contributed by atoms with E-state index in [4.69, 9.17) is 16.7 Å². The van der Waals surface area contributed by atoms with Crippen LogP contribution < -0.4 is 5.32 Å². The summed E-state index contributed by atoms with van der Waals surface area (Å²) in [5.41, 5.74) is 1.77. The number of likely N-dealkylation sites (tertiary alicyclic amines) is 1. The SMILES string of the molecule is Cc1nnn(Cc2cc(Cl)ccc2C=CC(=O)N2CCC(CCNC(=O)O)CC2)n1. The maximum Gasteiger partial charge on any atom is 0.404 e. The molecule has 1 aliphatic rings. The van der Waals surface area contributed by atoms with Gasteiger partial charge in [-0.15, -0.1) is 10.2 Å². The van der Waals surface area contributed by atoms with Crippen LogP contribution in [0.5, 0.6) is 0 Å². The number of rotatable bonds is 7. The summed E-state index contributed by atoms with van der Waals surface area (Å²) >= 11 is 6.14. The molecule has 3 rings (SSSR count). The number of hydrogen-bond donors (Lipinski definition) is 2. The lowest BCUT2D eigenvalue weighted by Gasteiger charge is -2.31. The van der Waals surface area contributed by atoms with Crippen molar-refractivity contribution in [3.63, 3.8) is 0 Å². The number of benzene rings is 1. The lowest BCUT2D eigenvalue weighted by atomic mass is 9.93. The van der Waals surface area contributed by atoms with E-state index in [1.54, 1.807) is 25.1 Å². The van der Waals surface area contributed by atoms with Crippen molar-refractivity contribution in [3.05, 3.63) is 46.2 Å². The molecule has 2 N–H and O–H groups in total. The Labute approximate surface area is 179 Å². The van der Waals surface area contributed by atoms with Gasteiger partial charge in [-0.2, -0.15) is 4.80 Å². The van der Waals surface area contributed by atoms with Crippen LogP contribution >= 0.6 is 11.6 Å². The smallest absolute Gasteiger partial charge is 0.404 e. The van der Waals surface area contributed by atoms with Crippen LogP contribution in [0, 0.1) is 12.8 Å². The van der Waals surface area contributed by atoms with E-state index < -0.39 is 6.09 Å². The second-order valence-electron chi connectivity index (χ2n) is 7.33. The Balaban J connectivity index is 1.57. The predicted octanol–water partition coefficient (Wildman–Crippen LogP) is 2.59. The van der Waals surface area contributed by atoms with E-state index in [1.807, 2.05) is 17.0 Å². The fourth-order valence-corrected chi connectivity index (χ4v) is 3.70. The number of amides is 2. The molecule has 9 nitrogen and oxygen atoms in total. The molecule has 0 aliphatic carbocycles. The summed E-state index contributed by atoms with van der Waals surface area (Å²) < 4.78 is 0. The first-order chi connectivity index (χ1) is 14.4. The topological polar surface area (TPSA) is 113 Å². The standard InChI is InChI=1S/C20H25ClN6O3/c1-14-23-25-27(24-14)13-17-12-18(21)4-2-16(17)3-5-19(28)26-10-7-15(8-11-26)6-9-22-20(29)30/h2-5,12,15,22H,6-11,13H2,1H3,(H,29,30). The van der Waals surface area contributed by atoms with E-state index in [0.717, 1.165) is 30.4 Å². The Morgan fingerprint density at radius 2 is 2.10 bits per heavy atom. The van der Waals surface area contributed by atoms with E-state index >= 15 is 0 Å². The fraction of sp³-hybridized carbons (Fsp3) is 0.450. The number of aromatic nitrogens is 4. The molecule has 30 heavy (non-hydrogen) atoms. The highest BCUT2D eigenvalue weighted by atomic mass is 35.5. The highest BCUT2D eigenvalue weighted by molar-refractivity contribution is 6.30. The third-order valence-electron chi connectivity index (χ3n) is 5.13. The molecule has 1 aromatic carbocycles. The van der Waals surface area contributed by atoms with Crippen LogP contribution in [0.2, 0.25) is 5.02 Å². The number of aryl methyl sites for hydroxylation is 1. The number of nitrogens with zero attached hydrogens (tertiary/aromatic N) is 5. The minimum atomic E-state index is -0.996. The van der Waals surface area contributed by atoms with Gasteiger partial charge in [0.25, 0.3) is 0 Å². The molecule has 1 aromatic heterocycles. The quantitative estimate of drug-likeness (QED) is 0.650. The highest BCUT2D eigenvalue weighted by Crippen LogP contribution is 2.21. The molecule has 0 atom stereocenters. The van der Waals surface area contributed by atoms with Gasteiger partial charge in [0.1, 0.15) is 0 Å². The second kappa shape index (κ2) is 10.2. The van der Waals surface area contributed by atoms with Crippen molar-refractivity contribution in [2.45, 2.75) is 32.7 Å². The van der Waals surface area contributed by atoms with Gasteiger partial charge in [0, 0.05) is 30.7 Å². The van der Waals surface area contributed by atoms with Crippen molar-refractivity contribution in [1.82, 2.24) is 30.4 Å². The van der Waals surface area contributed by atoms with Gasteiger partial charge in [-0.1, -0.05) is 17.7 Å². The molecule has 0 unspecified atom stereocenters. The van der Waals surface area contributed by atoms with Crippen LogP contribution in [-0.4, -0.2) is 61.8 Å². The monoisotopic (exact) mass is 432 g/mol. The summed E-state index contributed by atoms with van der Waals surface area (Å²) in [6.45, 7) is 3.98. The minimum absolute atomic E-state index is 0.0345. The predicted molar refractivity (Wildman–Crippen MR) is 112 cm³/mol. The molecule has 0 saturated carbocycles. The zero-order valence-electron chi connectivity index (χ0n) is 16.8. The summed E-state index contributed by atoms with van der Waals surface area (Å²) in [6.07, 6.45) is 4.94. The summed E-state index contributed by atoms with van der Waals surface area (Å²) in [6, 6.07) is 5.49. The maximum absolute atomic E-state index is 12.6. The fourth-order valence-electron chi connectivity index (χ4n) is 3.51. The number of piperidine rings is 1. The van der Waals surface area contributed by atoms with E-state index in [0.29, 0.717) is 42.9 Å². The lowest BCUT2D eigenvalue weighted by Crippen LogP contribution is -2.38. The average Bonchev–Trinajstić information content (AvgIpc) is 3.12. The molecule has 0 bridgehead atoms. The third kappa shape index (κ3) is 6.28. The Morgan fingerprint density at radius 1 is 1.33 bits per heavy atom. The van der Waals surface area contributed by atoms with Gasteiger partial charge in [0.15, 0.2) is 5.82 Å². The van der Waals surface area contributed by atoms with Crippen molar-refractivity contribution in [1.29, 1.82) is 0 Å². The zero-order chi connectivity index (χ0) is 21.5. The normalized spacial score (nSPS) is 14.9. The Morgan fingerprint density at radius 3 is 2.77 bits per heavy atom. The molecule has 1 saturated heterocycles. The summed E-state index contributed by atoms with van der Waals surface area (Å²) in [7, 11) is 0. The van der Waals surface area contributed by atoms with Crippen LogP contribution in [0.1, 0.15) is 36.2 Å². The van der Waals surface area contributed by atoms with E-state index in [9.17, 15) is 9.59 Å². The highest BCUT2D eigenvalue weighted by Gasteiger charge is 2.21. The molecule has 1 aliphatic heterocycles. The van der Waals surface area contributed by atoms with Crippen molar-refractivity contribution < 1.29 is 14.7 Å². The summed E-state index contributed by atoms with van der Waals surface area (Å²) in [5.74, 6) is 0.991. The molecule has 10 heteroatoms. The van der Waals surface area contributed by atoms with Crippen molar-refractivity contribution in [2.75, 3.05) is 19.6 Å². The number of halogens is 1. The number of carbonyl (C=O) groups excluding carboxylic acids is 1. The van der Waals surface area contributed by atoms with Gasteiger partial charge >= 0.3 is 6.09 Å². The van der Waals surface area contributed by atoms with Crippen LogP contribution in [0.25, 0.3) is 6.08 Å². The van der Waals surface area contributed by atoms with Crippen molar-refractivity contribution in [2.24, 2.45) is 5.92 Å². The lowest BCUT2D eigenvalue weighted by molar-refractivity contribution is -0.127. The van der Waals surface area contributed by atoms with Gasteiger partial charge in [0.2, 0.25) is 5.91 Å². The molecule has 2 amide bonds. The van der Waals surface area contributed by atoms with Crippen molar-refractivity contribution in [3.8, 4) is 0 Å². The first-order valence-corrected chi connectivity index (χ1v) is 10.2. The summed E-state index contributed by atoms with van der Waals surface area (Å²) in [4.78, 5) is 26.5. The molecule has 1 fully saturated rings. The van der Waals surface area contributed by atoms with Crippen molar-refractivity contribution >= 4 is 29.7 Å². The third-order valence-corrected chi connectivity index (χ3v) is 5.37. The largest absolute Gasteiger partial charge is 0.465 e. The van der Waals surface area contributed by atoms with Gasteiger partial charge in [-0.25, -0.2) is 4.79 Å². The van der Waals surface area contributed by atoms with Gasteiger partial charge < -0.3 is 15.3 Å². The maximum atomic E-state index is 12.6. The number of carbonyl (C=O) groups is 2. The zero-order valence-corrected chi connectivity index (χ0v) is 17.5. The van der Waals surface area contributed by atoms with E-state index in [2.05, 4.69) is 20.7 Å². The number of carboxylic acid groups (broad SMARTS) is 1. The molecule has 2 heterocycles. The molecule has 160 valence electrons. The number of tetrazole rings is 1.